The third kappa shape index (κ3) is 2.40. The first-order chi connectivity index (χ1) is 8.63. The highest BCUT2D eigenvalue weighted by atomic mass is 16.6. The molecule has 1 fully saturated rings. The predicted molar refractivity (Wildman–Crippen MR) is 58.5 cm³/mol. The number of rotatable bonds is 3. The fourth-order valence-corrected chi connectivity index (χ4v) is 2.05. The second kappa shape index (κ2) is 5.26. The minimum atomic E-state index is -1.04. The summed E-state index contributed by atoms with van der Waals surface area (Å²) in [6, 6.07) is -0.881. The van der Waals surface area contributed by atoms with Gasteiger partial charge in [0.05, 0.1) is 6.10 Å². The van der Waals surface area contributed by atoms with Crippen LogP contribution in [0.2, 0.25) is 0 Å². The Morgan fingerprint density at radius 2 is 2.28 bits per heavy atom. The number of carboxylic acids is 1. The van der Waals surface area contributed by atoms with Gasteiger partial charge < -0.3 is 24.2 Å². The van der Waals surface area contributed by atoms with Gasteiger partial charge in [0.2, 0.25) is 5.76 Å². The molecule has 0 bridgehead atoms. The number of nitrogens with zero attached hydrogens (tertiary/aromatic N) is 1. The van der Waals surface area contributed by atoms with Crippen molar-refractivity contribution >= 4 is 11.9 Å². The topological polar surface area (TPSA) is 85.3 Å². The van der Waals surface area contributed by atoms with E-state index in [1.807, 2.05) is 0 Å². The molecule has 1 saturated heterocycles. The summed E-state index contributed by atoms with van der Waals surface area (Å²) in [4.78, 5) is 24.5. The minimum Gasteiger partial charge on any atom is -0.494 e. The van der Waals surface area contributed by atoms with Crippen molar-refractivity contribution in [2.24, 2.45) is 0 Å². The highest BCUT2D eigenvalue weighted by Crippen LogP contribution is 2.23. The molecule has 18 heavy (non-hydrogen) atoms. The van der Waals surface area contributed by atoms with Crippen LogP contribution in [0.25, 0.3) is 0 Å². The first-order valence-corrected chi connectivity index (χ1v) is 5.64. The zero-order valence-electron chi connectivity index (χ0n) is 10.00. The number of amides is 1. The summed E-state index contributed by atoms with van der Waals surface area (Å²) in [7, 11) is 1.50. The maximum Gasteiger partial charge on any atom is 0.326 e. The number of carboxylic acid groups (broad SMARTS) is 1. The van der Waals surface area contributed by atoms with Crippen molar-refractivity contribution in [1.29, 1.82) is 0 Å². The van der Waals surface area contributed by atoms with Gasteiger partial charge in [-0.3, -0.25) is 4.79 Å². The van der Waals surface area contributed by atoms with Crippen molar-refractivity contribution in [3.63, 3.8) is 0 Å². The molecule has 1 N–H and O–H groups in total. The number of aliphatic carboxylic acids is 1. The van der Waals surface area contributed by atoms with Gasteiger partial charge in [0, 0.05) is 20.1 Å². The Hall–Kier alpha value is -1.76. The van der Waals surface area contributed by atoms with Crippen LogP contribution in [0.15, 0.2) is 12.0 Å². The molecular weight excluding hydrogens is 242 g/mol. The molecule has 2 rings (SSSR count). The number of carbonyl (C=O) groups excluding carboxylic acids is 1. The van der Waals surface area contributed by atoms with E-state index in [0.717, 1.165) is 0 Å². The number of methoxy groups -OCH3 is 1. The number of likely N-dealkylation sites (tertiary alicyclic amines) is 1. The number of hydrogen-bond donors (Lipinski definition) is 1. The molecule has 1 amide bonds. The molecular formula is C11H15NO6. The highest BCUT2D eigenvalue weighted by molar-refractivity contribution is 5.94. The first-order valence-electron chi connectivity index (χ1n) is 5.64. The molecule has 0 aliphatic carbocycles. The fourth-order valence-electron chi connectivity index (χ4n) is 2.05. The molecule has 7 nitrogen and oxygen atoms in total. The van der Waals surface area contributed by atoms with E-state index in [2.05, 4.69) is 0 Å². The Morgan fingerprint density at radius 1 is 1.50 bits per heavy atom. The Labute approximate surface area is 104 Å². The van der Waals surface area contributed by atoms with Crippen molar-refractivity contribution in [3.8, 4) is 0 Å². The molecule has 2 atom stereocenters. The monoisotopic (exact) mass is 257 g/mol. The maximum atomic E-state index is 12.1. The van der Waals surface area contributed by atoms with Crippen molar-refractivity contribution in [2.45, 2.75) is 18.6 Å². The zero-order chi connectivity index (χ0) is 13.1. The lowest BCUT2D eigenvalue weighted by Gasteiger charge is -2.23. The molecule has 0 aromatic carbocycles. The molecule has 2 unspecified atom stereocenters. The quantitative estimate of drug-likeness (QED) is 0.738. The van der Waals surface area contributed by atoms with Crippen LogP contribution < -0.4 is 0 Å². The van der Waals surface area contributed by atoms with Crippen molar-refractivity contribution in [2.75, 3.05) is 26.9 Å². The van der Waals surface area contributed by atoms with E-state index in [-0.39, 0.29) is 31.4 Å². The van der Waals surface area contributed by atoms with Crippen LogP contribution in [0, 0.1) is 0 Å². The van der Waals surface area contributed by atoms with E-state index in [4.69, 9.17) is 19.3 Å². The van der Waals surface area contributed by atoms with Gasteiger partial charge in [-0.05, 0) is 0 Å². The summed E-state index contributed by atoms with van der Waals surface area (Å²) in [5.41, 5.74) is 0. The second-order valence-electron chi connectivity index (χ2n) is 4.11. The Kier molecular flexibility index (Phi) is 3.71. The lowest BCUT2D eigenvalue weighted by atomic mass is 10.2. The SMILES string of the molecule is COC1CC(C(=O)O)N(C(=O)C2=COCCO2)C1. The number of hydrogen-bond acceptors (Lipinski definition) is 5. The van der Waals surface area contributed by atoms with Gasteiger partial charge in [-0.15, -0.1) is 0 Å². The van der Waals surface area contributed by atoms with E-state index in [9.17, 15) is 9.59 Å². The summed E-state index contributed by atoms with van der Waals surface area (Å²) in [5.74, 6) is -1.47. The van der Waals surface area contributed by atoms with E-state index in [0.29, 0.717) is 6.61 Å². The largest absolute Gasteiger partial charge is 0.494 e. The van der Waals surface area contributed by atoms with Gasteiger partial charge in [-0.2, -0.15) is 0 Å². The van der Waals surface area contributed by atoms with Gasteiger partial charge in [-0.25, -0.2) is 4.79 Å². The standard InChI is InChI=1S/C11H15NO6/c1-16-7-4-8(11(14)15)12(5-7)10(13)9-6-17-2-3-18-9/h6-8H,2-5H2,1H3,(H,14,15). The molecule has 0 aromatic rings. The average Bonchev–Trinajstić information content (AvgIpc) is 2.83. The van der Waals surface area contributed by atoms with Crippen LogP contribution in [0.5, 0.6) is 0 Å². The Bertz CT molecular complexity index is 380. The summed E-state index contributed by atoms with van der Waals surface area (Å²) in [6.07, 6.45) is 1.25. The summed E-state index contributed by atoms with van der Waals surface area (Å²) in [5, 5.41) is 9.10. The van der Waals surface area contributed by atoms with Crippen LogP contribution in [0.1, 0.15) is 6.42 Å². The minimum absolute atomic E-state index is 0.0456. The van der Waals surface area contributed by atoms with Crippen molar-refractivity contribution in [3.05, 3.63) is 12.0 Å². The third-order valence-corrected chi connectivity index (χ3v) is 3.00. The van der Waals surface area contributed by atoms with Crippen LogP contribution in [-0.4, -0.2) is 60.9 Å². The van der Waals surface area contributed by atoms with E-state index < -0.39 is 17.9 Å². The smallest absolute Gasteiger partial charge is 0.326 e. The van der Waals surface area contributed by atoms with Crippen LogP contribution in [0.4, 0.5) is 0 Å². The average molecular weight is 257 g/mol. The van der Waals surface area contributed by atoms with Crippen LogP contribution >= 0.6 is 0 Å². The van der Waals surface area contributed by atoms with Gasteiger partial charge in [0.25, 0.3) is 5.91 Å². The molecule has 0 aromatic heterocycles. The molecule has 2 aliphatic rings. The van der Waals surface area contributed by atoms with Gasteiger partial charge in [0.1, 0.15) is 25.5 Å². The van der Waals surface area contributed by atoms with Gasteiger partial charge in [0.15, 0.2) is 0 Å². The second-order valence-corrected chi connectivity index (χ2v) is 4.11. The zero-order valence-corrected chi connectivity index (χ0v) is 10.00. The highest BCUT2D eigenvalue weighted by Gasteiger charge is 2.41. The number of carbonyl (C=O) groups is 2. The van der Waals surface area contributed by atoms with Gasteiger partial charge in [-0.1, -0.05) is 0 Å². The van der Waals surface area contributed by atoms with Crippen LogP contribution in [-0.2, 0) is 23.8 Å². The van der Waals surface area contributed by atoms with E-state index in [1.165, 1.54) is 18.3 Å². The molecule has 0 radical (unpaired) electrons. The lowest BCUT2D eigenvalue weighted by Crippen LogP contribution is -2.42. The van der Waals surface area contributed by atoms with Gasteiger partial charge >= 0.3 is 5.97 Å². The third-order valence-electron chi connectivity index (χ3n) is 3.00. The number of ether oxygens (including phenoxy) is 3. The van der Waals surface area contributed by atoms with Crippen molar-refractivity contribution < 1.29 is 28.9 Å². The molecule has 2 heterocycles. The Morgan fingerprint density at radius 3 is 2.83 bits per heavy atom. The fraction of sp³-hybridized carbons (Fsp3) is 0.636. The van der Waals surface area contributed by atoms with Crippen molar-refractivity contribution in [1.82, 2.24) is 4.90 Å². The predicted octanol–water partition coefficient (Wildman–Crippen LogP) is -0.425. The van der Waals surface area contributed by atoms with Crippen LogP contribution in [0.3, 0.4) is 0 Å². The maximum absolute atomic E-state index is 12.1. The molecule has 100 valence electrons. The summed E-state index contributed by atoms with van der Waals surface area (Å²) < 4.78 is 15.3. The Balaban J connectivity index is 2.12. The molecule has 0 saturated carbocycles. The first kappa shape index (κ1) is 12.7. The van der Waals surface area contributed by atoms with E-state index >= 15 is 0 Å². The molecule has 7 heteroatoms. The molecule has 2 aliphatic heterocycles. The summed E-state index contributed by atoms with van der Waals surface area (Å²) in [6.45, 7) is 0.920. The normalized spacial score (nSPS) is 27.2. The van der Waals surface area contributed by atoms with E-state index in [1.54, 1.807) is 0 Å². The summed E-state index contributed by atoms with van der Waals surface area (Å²) >= 11 is 0. The molecule has 0 spiro atoms. The lowest BCUT2D eigenvalue weighted by molar-refractivity contribution is -0.148.